The number of hydrogen-bond acceptors (Lipinski definition) is 2. The molecule has 0 N–H and O–H groups in total. The molecule has 0 unspecified atom stereocenters. The highest BCUT2D eigenvalue weighted by molar-refractivity contribution is 7.26. The summed E-state index contributed by atoms with van der Waals surface area (Å²) in [6.07, 6.45) is 0. The fraction of sp³-hybridized carbons (Fsp3) is 0.0526. The van der Waals surface area contributed by atoms with Crippen molar-refractivity contribution < 1.29 is 0 Å². The summed E-state index contributed by atoms with van der Waals surface area (Å²) in [5.41, 5.74) is 18.4. The van der Waals surface area contributed by atoms with E-state index in [9.17, 15) is 0 Å². The molecule has 0 radical (unpaired) electrons. The second-order valence-corrected chi connectivity index (χ2v) is 17.1. The predicted octanol–water partition coefficient (Wildman–Crippen LogP) is 16.5. The molecule has 1 heterocycles. The van der Waals surface area contributed by atoms with Crippen molar-refractivity contribution in [2.45, 2.75) is 19.3 Å². The number of fused-ring (bicyclic) bond motifs is 6. The maximum atomic E-state index is 2.46. The van der Waals surface area contributed by atoms with Gasteiger partial charge in [-0.1, -0.05) is 190 Å². The van der Waals surface area contributed by atoms with Crippen molar-refractivity contribution in [3.8, 4) is 55.6 Å². The summed E-state index contributed by atoms with van der Waals surface area (Å²) in [6.45, 7) is 4.70. The Hall–Kier alpha value is -7.00. The minimum absolute atomic E-state index is 0.0385. The Labute approximate surface area is 350 Å². The van der Waals surface area contributed by atoms with Crippen LogP contribution in [0.1, 0.15) is 25.0 Å². The van der Waals surface area contributed by atoms with Gasteiger partial charge in [0.2, 0.25) is 0 Å². The quantitative estimate of drug-likeness (QED) is 0.156. The van der Waals surface area contributed by atoms with Gasteiger partial charge < -0.3 is 4.90 Å². The Morgan fingerprint density at radius 3 is 1.69 bits per heavy atom. The molecule has 59 heavy (non-hydrogen) atoms. The molecule has 2 heteroatoms. The lowest BCUT2D eigenvalue weighted by atomic mass is 9.82. The average molecular weight is 772 g/mol. The van der Waals surface area contributed by atoms with Crippen LogP contribution in [-0.2, 0) is 5.41 Å². The molecule has 11 rings (SSSR count). The molecule has 0 fully saturated rings. The molecule has 0 saturated carbocycles. The van der Waals surface area contributed by atoms with E-state index in [1.165, 1.54) is 86.9 Å². The summed E-state index contributed by atoms with van der Waals surface area (Å²) >= 11 is 1.88. The Bertz CT molecular complexity index is 3190. The van der Waals surface area contributed by atoms with Crippen LogP contribution in [0.5, 0.6) is 0 Å². The molecule has 0 spiro atoms. The lowest BCUT2D eigenvalue weighted by Gasteiger charge is -2.30. The third-order valence-electron chi connectivity index (χ3n) is 12.3. The van der Waals surface area contributed by atoms with Crippen LogP contribution < -0.4 is 4.90 Å². The summed E-state index contributed by atoms with van der Waals surface area (Å²) in [7, 11) is 0. The largest absolute Gasteiger partial charge is 0.309 e. The van der Waals surface area contributed by atoms with E-state index in [0.29, 0.717) is 0 Å². The van der Waals surface area contributed by atoms with Crippen LogP contribution in [0.4, 0.5) is 17.1 Å². The fourth-order valence-electron chi connectivity index (χ4n) is 9.46. The van der Waals surface area contributed by atoms with Crippen molar-refractivity contribution in [2.24, 2.45) is 0 Å². The molecule has 280 valence electrons. The van der Waals surface area contributed by atoms with Crippen LogP contribution in [0.25, 0.3) is 75.8 Å². The zero-order valence-electron chi connectivity index (χ0n) is 33.1. The fourth-order valence-corrected chi connectivity index (χ4v) is 10.7. The molecule has 0 aliphatic heterocycles. The van der Waals surface area contributed by atoms with Crippen LogP contribution in [0.15, 0.2) is 212 Å². The third-order valence-corrected chi connectivity index (χ3v) is 13.5. The smallest absolute Gasteiger partial charge is 0.0540 e. The van der Waals surface area contributed by atoms with Gasteiger partial charge in [0.15, 0.2) is 0 Å². The predicted molar refractivity (Wildman–Crippen MR) is 253 cm³/mol. The van der Waals surface area contributed by atoms with Crippen molar-refractivity contribution in [3.05, 3.63) is 223 Å². The lowest BCUT2D eigenvalue weighted by molar-refractivity contribution is 0.660. The summed E-state index contributed by atoms with van der Waals surface area (Å²) in [5.74, 6) is 0. The number of nitrogens with zero attached hydrogens (tertiary/aromatic N) is 1. The average Bonchev–Trinajstić information content (AvgIpc) is 3.79. The van der Waals surface area contributed by atoms with E-state index in [2.05, 4.69) is 231 Å². The SMILES string of the molecule is CC1(C)c2ccccc2-c2cc(-c3ccccc3-c3ccccc3N(c3ccc(-c4cccc5c4sc4ccccc45)cc3)c3ccccc3-c3ccccc3)ccc21. The monoisotopic (exact) mass is 771 g/mol. The van der Waals surface area contributed by atoms with Gasteiger partial charge in [-0.05, 0) is 92.0 Å². The van der Waals surface area contributed by atoms with Gasteiger partial charge in [0.25, 0.3) is 0 Å². The topological polar surface area (TPSA) is 3.24 Å². The summed E-state index contributed by atoms with van der Waals surface area (Å²) in [5, 5.41) is 2.63. The van der Waals surface area contributed by atoms with Gasteiger partial charge in [0.05, 0.1) is 11.4 Å². The molecule has 10 aromatic rings. The summed E-state index contributed by atoms with van der Waals surface area (Å²) in [6, 6.07) is 78.0. The van der Waals surface area contributed by atoms with Crippen molar-refractivity contribution in [2.75, 3.05) is 4.90 Å². The molecule has 1 aromatic heterocycles. The van der Waals surface area contributed by atoms with E-state index in [1.54, 1.807) is 0 Å². The van der Waals surface area contributed by atoms with E-state index in [-0.39, 0.29) is 5.41 Å². The normalized spacial score (nSPS) is 12.7. The van der Waals surface area contributed by atoms with Crippen LogP contribution in [0, 0.1) is 0 Å². The van der Waals surface area contributed by atoms with E-state index in [1.807, 2.05) is 11.3 Å². The first kappa shape index (κ1) is 35.2. The first-order chi connectivity index (χ1) is 29.0. The van der Waals surface area contributed by atoms with E-state index >= 15 is 0 Å². The first-order valence-electron chi connectivity index (χ1n) is 20.4. The number of anilines is 3. The number of thiophene rings is 1. The number of para-hydroxylation sites is 2. The zero-order valence-corrected chi connectivity index (χ0v) is 33.9. The van der Waals surface area contributed by atoms with Gasteiger partial charge in [0, 0.05) is 42.4 Å². The molecular weight excluding hydrogens is 731 g/mol. The second kappa shape index (κ2) is 14.1. The highest BCUT2D eigenvalue weighted by atomic mass is 32.1. The van der Waals surface area contributed by atoms with Crippen LogP contribution >= 0.6 is 11.3 Å². The molecule has 0 bridgehead atoms. The minimum Gasteiger partial charge on any atom is -0.309 e. The molecule has 0 saturated heterocycles. The Morgan fingerprint density at radius 2 is 0.898 bits per heavy atom. The van der Waals surface area contributed by atoms with Gasteiger partial charge in [-0.15, -0.1) is 11.3 Å². The van der Waals surface area contributed by atoms with Gasteiger partial charge in [0.1, 0.15) is 0 Å². The molecule has 0 amide bonds. The van der Waals surface area contributed by atoms with Crippen molar-refractivity contribution in [3.63, 3.8) is 0 Å². The Balaban J connectivity index is 1.08. The highest BCUT2D eigenvalue weighted by Crippen LogP contribution is 2.51. The molecule has 1 nitrogen and oxygen atoms in total. The van der Waals surface area contributed by atoms with Crippen LogP contribution in [0.3, 0.4) is 0 Å². The van der Waals surface area contributed by atoms with Crippen LogP contribution in [-0.4, -0.2) is 0 Å². The maximum absolute atomic E-state index is 2.46. The maximum Gasteiger partial charge on any atom is 0.0540 e. The Morgan fingerprint density at radius 1 is 0.356 bits per heavy atom. The van der Waals surface area contributed by atoms with Gasteiger partial charge in [-0.2, -0.15) is 0 Å². The van der Waals surface area contributed by atoms with E-state index in [4.69, 9.17) is 0 Å². The van der Waals surface area contributed by atoms with Crippen molar-refractivity contribution in [1.82, 2.24) is 0 Å². The van der Waals surface area contributed by atoms with Gasteiger partial charge in [-0.25, -0.2) is 0 Å². The molecule has 1 aliphatic rings. The molecule has 9 aromatic carbocycles. The molecular formula is C57H41NS. The molecule has 1 aliphatic carbocycles. The third kappa shape index (κ3) is 5.82. The highest BCUT2D eigenvalue weighted by Gasteiger charge is 2.35. The first-order valence-corrected chi connectivity index (χ1v) is 21.2. The Kier molecular flexibility index (Phi) is 8.43. The number of rotatable bonds is 7. The standard InChI is InChI=1S/C57H41NS/c1-57(2)51-27-12-8-22-46(51)50-37-40(33-36-52(50)57)42-19-6-7-21-45(42)47-23-10-14-29-54(47)58(53-28-13-9-20-43(53)38-17-4-3-5-18-38)41-34-31-39(32-35-41)44-25-16-26-49-48-24-11-15-30-55(48)59-56(44)49/h3-37H,1-2H3. The molecule has 0 atom stereocenters. The summed E-state index contributed by atoms with van der Waals surface area (Å²) < 4.78 is 2.65. The zero-order chi connectivity index (χ0) is 39.5. The second-order valence-electron chi connectivity index (χ2n) is 16.0. The number of hydrogen-bond donors (Lipinski definition) is 0. The van der Waals surface area contributed by atoms with E-state index < -0.39 is 0 Å². The van der Waals surface area contributed by atoms with E-state index in [0.717, 1.165) is 17.1 Å². The lowest BCUT2D eigenvalue weighted by Crippen LogP contribution is -2.14. The van der Waals surface area contributed by atoms with Crippen LogP contribution in [0.2, 0.25) is 0 Å². The van der Waals surface area contributed by atoms with Crippen molar-refractivity contribution in [1.29, 1.82) is 0 Å². The minimum atomic E-state index is -0.0385. The van der Waals surface area contributed by atoms with Crippen molar-refractivity contribution >= 4 is 48.6 Å². The number of benzene rings is 9. The van der Waals surface area contributed by atoms with Gasteiger partial charge >= 0.3 is 0 Å². The van der Waals surface area contributed by atoms with Gasteiger partial charge in [-0.3, -0.25) is 0 Å². The summed E-state index contributed by atoms with van der Waals surface area (Å²) in [4.78, 5) is 2.46.